The lowest BCUT2D eigenvalue weighted by Crippen LogP contribution is -2.22. The number of pyridine rings is 1. The van der Waals surface area contributed by atoms with Gasteiger partial charge in [0.05, 0.1) is 0 Å². The number of halogens is 4. The summed E-state index contributed by atoms with van der Waals surface area (Å²) in [6.45, 7) is 0. The predicted molar refractivity (Wildman–Crippen MR) is 50.6 cm³/mol. The lowest BCUT2D eigenvalue weighted by Gasteiger charge is -2.09. The van der Waals surface area contributed by atoms with Gasteiger partial charge in [0.2, 0.25) is 5.75 Å². The van der Waals surface area contributed by atoms with E-state index in [4.69, 9.17) is 11.6 Å². The highest BCUT2D eigenvalue weighted by molar-refractivity contribution is 6.67. The van der Waals surface area contributed by atoms with Gasteiger partial charge in [0, 0.05) is 6.07 Å². The van der Waals surface area contributed by atoms with Crippen molar-refractivity contribution in [2.24, 2.45) is 0 Å². The van der Waals surface area contributed by atoms with Crippen molar-refractivity contribution >= 4 is 22.7 Å². The quantitative estimate of drug-likeness (QED) is 0.516. The maximum atomic E-state index is 12.0. The van der Waals surface area contributed by atoms with E-state index in [1.807, 2.05) is 0 Å². The van der Waals surface area contributed by atoms with Crippen LogP contribution in [0.4, 0.5) is 19.0 Å². The van der Waals surface area contributed by atoms with E-state index < -0.39 is 39.2 Å². The number of rotatable bonds is 3. The van der Waals surface area contributed by atoms with E-state index in [2.05, 4.69) is 4.74 Å². The number of alkyl halides is 3. The molecule has 0 atom stereocenters. The number of ether oxygens (including phenoxy) is 1. The lowest BCUT2D eigenvalue weighted by atomic mass is 10.3. The summed E-state index contributed by atoms with van der Waals surface area (Å²) in [5.74, 6) is -2.67. The van der Waals surface area contributed by atoms with Gasteiger partial charge in [-0.05, 0) is 16.5 Å². The number of nitrogens with one attached hydrogen (secondary N) is 1. The second-order valence-electron chi connectivity index (χ2n) is 2.80. The van der Waals surface area contributed by atoms with Gasteiger partial charge in [0.1, 0.15) is 5.56 Å². The fraction of sp³-hybridized carbons (Fsp3) is 0.143. The summed E-state index contributed by atoms with van der Waals surface area (Å²) in [6, 6.07) is 0.250. The molecule has 0 saturated carbocycles. The molecule has 0 aliphatic heterocycles. The van der Waals surface area contributed by atoms with Crippen LogP contribution < -0.4 is 10.3 Å². The van der Waals surface area contributed by atoms with Gasteiger partial charge < -0.3 is 14.9 Å². The molecule has 11 heteroatoms. The molecule has 0 spiro atoms. The molecule has 0 aromatic carbocycles. The van der Waals surface area contributed by atoms with E-state index in [0.717, 1.165) is 0 Å². The molecule has 98 valence electrons. The highest BCUT2D eigenvalue weighted by Crippen LogP contribution is 2.29. The van der Waals surface area contributed by atoms with Crippen molar-refractivity contribution in [3.05, 3.63) is 32.1 Å². The number of nitro groups is 1. The molecule has 1 heterocycles. The van der Waals surface area contributed by atoms with Crippen LogP contribution in [0.15, 0.2) is 10.9 Å². The van der Waals surface area contributed by atoms with Crippen molar-refractivity contribution in [1.29, 1.82) is 0 Å². The van der Waals surface area contributed by atoms with Crippen LogP contribution in [0.1, 0.15) is 10.4 Å². The van der Waals surface area contributed by atoms with E-state index in [1.54, 1.807) is 0 Å². The molecular formula is C7H2ClF3N2O5. The summed E-state index contributed by atoms with van der Waals surface area (Å²) in [5, 5.41) is 9.03. The number of hydrogen-bond donors (Lipinski definition) is 1. The number of hydrogen-bond acceptors (Lipinski definition) is 5. The highest BCUT2D eigenvalue weighted by atomic mass is 35.5. The first-order chi connectivity index (χ1) is 8.11. The summed E-state index contributed by atoms with van der Waals surface area (Å²) in [7, 11) is 0. The maximum absolute atomic E-state index is 12.0. The van der Waals surface area contributed by atoms with Crippen molar-refractivity contribution < 1.29 is 27.6 Å². The predicted octanol–water partition coefficient (Wildman–Crippen LogP) is 1.56. The van der Waals surface area contributed by atoms with Crippen LogP contribution in [0.3, 0.4) is 0 Å². The van der Waals surface area contributed by atoms with Crippen LogP contribution in [-0.2, 0) is 0 Å². The third kappa shape index (κ3) is 3.20. The third-order valence-electron chi connectivity index (χ3n) is 1.61. The van der Waals surface area contributed by atoms with Crippen LogP contribution in [0.25, 0.3) is 0 Å². The van der Waals surface area contributed by atoms with Gasteiger partial charge in [-0.25, -0.2) is 4.79 Å². The van der Waals surface area contributed by atoms with Gasteiger partial charge in [-0.15, -0.1) is 13.2 Å². The van der Waals surface area contributed by atoms with Crippen molar-refractivity contribution in [2.75, 3.05) is 0 Å². The molecule has 7 nitrogen and oxygen atoms in total. The van der Waals surface area contributed by atoms with Gasteiger partial charge >= 0.3 is 17.7 Å². The number of aromatic amines is 1. The van der Waals surface area contributed by atoms with E-state index in [-0.39, 0.29) is 6.07 Å². The largest absolute Gasteiger partial charge is 0.573 e. The normalized spacial score (nSPS) is 11.1. The molecule has 0 bridgehead atoms. The SMILES string of the molecule is O=C(Cl)c1cc(OC(F)(F)F)c([N+](=O)[O-])[nH]c1=O. The molecule has 0 saturated heterocycles. The molecule has 0 unspecified atom stereocenters. The Morgan fingerprint density at radius 1 is 1.50 bits per heavy atom. The Morgan fingerprint density at radius 3 is 2.44 bits per heavy atom. The van der Waals surface area contributed by atoms with Crippen molar-refractivity contribution in [2.45, 2.75) is 6.36 Å². The smallest absolute Gasteiger partial charge is 0.397 e. The number of aromatic nitrogens is 1. The van der Waals surface area contributed by atoms with Gasteiger partial charge in [0.15, 0.2) is 0 Å². The number of carbonyl (C=O) groups is 1. The molecule has 0 radical (unpaired) electrons. The van der Waals surface area contributed by atoms with Crippen molar-refractivity contribution in [3.63, 3.8) is 0 Å². The van der Waals surface area contributed by atoms with Crippen LogP contribution in [-0.4, -0.2) is 21.5 Å². The number of nitrogens with zero attached hydrogens (tertiary/aromatic N) is 1. The monoisotopic (exact) mass is 286 g/mol. The van der Waals surface area contributed by atoms with Gasteiger partial charge in [-0.3, -0.25) is 4.79 Å². The maximum Gasteiger partial charge on any atom is 0.573 e. The van der Waals surface area contributed by atoms with Crippen LogP contribution >= 0.6 is 11.6 Å². The second kappa shape index (κ2) is 4.64. The van der Waals surface area contributed by atoms with E-state index in [1.165, 1.54) is 4.98 Å². The summed E-state index contributed by atoms with van der Waals surface area (Å²) in [5.41, 5.74) is -2.20. The fourth-order valence-corrected chi connectivity index (χ4v) is 1.13. The zero-order valence-electron chi connectivity index (χ0n) is 8.08. The first-order valence-electron chi connectivity index (χ1n) is 3.99. The summed E-state index contributed by atoms with van der Waals surface area (Å²) in [6.07, 6.45) is -5.23. The van der Waals surface area contributed by atoms with E-state index >= 15 is 0 Å². The topological polar surface area (TPSA) is 102 Å². The first-order valence-corrected chi connectivity index (χ1v) is 4.37. The summed E-state index contributed by atoms with van der Waals surface area (Å²) in [4.78, 5) is 32.4. The summed E-state index contributed by atoms with van der Waals surface area (Å²) >= 11 is 4.92. The third-order valence-corrected chi connectivity index (χ3v) is 1.81. The standard InChI is InChI=1S/C7H2ClF3N2O5/c8-4(14)2-1-3(18-7(9,10)11)5(13(16)17)12-6(2)15/h1H,(H,12,15). The Kier molecular flexibility index (Phi) is 3.60. The molecule has 0 aliphatic carbocycles. The molecule has 1 rings (SSSR count). The zero-order chi connectivity index (χ0) is 14.1. The van der Waals surface area contributed by atoms with Gasteiger partial charge in [-0.2, -0.15) is 4.98 Å². The molecule has 1 aromatic rings. The minimum Gasteiger partial charge on any atom is -0.397 e. The Hall–Kier alpha value is -2.10. The fourth-order valence-electron chi connectivity index (χ4n) is 0.986. The molecule has 18 heavy (non-hydrogen) atoms. The Balaban J connectivity index is 3.45. The molecule has 0 fully saturated rings. The Bertz CT molecular complexity index is 567. The summed E-state index contributed by atoms with van der Waals surface area (Å²) < 4.78 is 39.2. The lowest BCUT2D eigenvalue weighted by molar-refractivity contribution is -0.393. The van der Waals surface area contributed by atoms with Crippen molar-refractivity contribution in [3.8, 4) is 5.75 Å². The average molecular weight is 287 g/mol. The zero-order valence-corrected chi connectivity index (χ0v) is 8.83. The minimum absolute atomic E-state index is 0.250. The van der Waals surface area contributed by atoms with Gasteiger partial charge in [-0.1, -0.05) is 0 Å². The van der Waals surface area contributed by atoms with Crippen LogP contribution in [0, 0.1) is 10.1 Å². The molecule has 0 amide bonds. The Morgan fingerprint density at radius 2 is 2.06 bits per heavy atom. The Labute approximate surface area is 100 Å². The van der Waals surface area contributed by atoms with Crippen molar-refractivity contribution in [1.82, 2.24) is 4.98 Å². The number of carbonyl (C=O) groups excluding carboxylic acids is 1. The van der Waals surface area contributed by atoms with Crippen LogP contribution in [0.5, 0.6) is 5.75 Å². The minimum atomic E-state index is -5.23. The highest BCUT2D eigenvalue weighted by Gasteiger charge is 2.35. The average Bonchev–Trinajstić information content (AvgIpc) is 2.17. The van der Waals surface area contributed by atoms with Gasteiger partial charge in [0.25, 0.3) is 5.24 Å². The molecule has 1 N–H and O–H groups in total. The van der Waals surface area contributed by atoms with E-state index in [0.29, 0.717) is 0 Å². The van der Waals surface area contributed by atoms with E-state index in [9.17, 15) is 32.9 Å². The molecular weight excluding hydrogens is 285 g/mol. The first kappa shape index (κ1) is 14.0. The second-order valence-corrected chi connectivity index (χ2v) is 3.15. The molecule has 0 aliphatic rings. The molecule has 1 aromatic heterocycles. The number of H-pyrrole nitrogens is 1. The van der Waals surface area contributed by atoms with Crippen LogP contribution in [0.2, 0.25) is 0 Å².